The number of nitro benzene ring substituents is 1. The molecule has 1 aromatic rings. The first-order valence-electron chi connectivity index (χ1n) is 6.36. The van der Waals surface area contributed by atoms with Crippen LogP contribution in [0.25, 0.3) is 0 Å². The number of anilines is 1. The van der Waals surface area contributed by atoms with E-state index in [2.05, 4.69) is 0 Å². The molecule has 6 heteroatoms. The van der Waals surface area contributed by atoms with Crippen molar-refractivity contribution in [2.45, 2.75) is 32.5 Å². The zero-order valence-corrected chi connectivity index (χ0v) is 11.1. The van der Waals surface area contributed by atoms with Crippen molar-refractivity contribution in [3.63, 3.8) is 0 Å². The van der Waals surface area contributed by atoms with Crippen LogP contribution in [-0.4, -0.2) is 35.3 Å². The lowest BCUT2D eigenvalue weighted by atomic mass is 10.2. The Morgan fingerprint density at radius 2 is 2.26 bits per heavy atom. The quantitative estimate of drug-likeness (QED) is 0.666. The number of β-amino-alcohol motifs (C(OH)–C–C–N with tert-alkyl or cyclic N) is 1. The van der Waals surface area contributed by atoms with E-state index in [0.717, 1.165) is 0 Å². The lowest BCUT2D eigenvalue weighted by molar-refractivity contribution is -0.385. The van der Waals surface area contributed by atoms with Crippen LogP contribution >= 0.6 is 0 Å². The van der Waals surface area contributed by atoms with E-state index in [4.69, 9.17) is 4.74 Å². The summed E-state index contributed by atoms with van der Waals surface area (Å²) in [5.74, 6) is 0.277. The number of hydrogen-bond donors (Lipinski definition) is 1. The monoisotopic (exact) mass is 266 g/mol. The molecule has 0 radical (unpaired) electrons. The molecule has 0 aliphatic carbocycles. The smallest absolute Gasteiger partial charge is 0.333 e. The molecule has 6 nitrogen and oxygen atoms in total. The number of benzene rings is 1. The van der Waals surface area contributed by atoms with Gasteiger partial charge in [0.1, 0.15) is 5.69 Å². The third-order valence-corrected chi connectivity index (χ3v) is 3.03. The average Bonchev–Trinajstić information content (AvgIpc) is 2.74. The Morgan fingerprint density at radius 1 is 1.53 bits per heavy atom. The molecule has 1 atom stereocenters. The maximum atomic E-state index is 11.3. The lowest BCUT2D eigenvalue weighted by Crippen LogP contribution is -2.22. The van der Waals surface area contributed by atoms with Crippen molar-refractivity contribution in [2.75, 3.05) is 18.0 Å². The zero-order valence-electron chi connectivity index (χ0n) is 11.1. The minimum atomic E-state index is -0.422. The molecule has 0 saturated carbocycles. The van der Waals surface area contributed by atoms with Gasteiger partial charge in [0.15, 0.2) is 5.75 Å². The summed E-state index contributed by atoms with van der Waals surface area (Å²) in [6, 6.07) is 5.04. The van der Waals surface area contributed by atoms with Crippen molar-refractivity contribution >= 4 is 11.4 Å². The molecule has 0 unspecified atom stereocenters. The fourth-order valence-electron chi connectivity index (χ4n) is 2.26. The molecule has 0 bridgehead atoms. The highest BCUT2D eigenvalue weighted by molar-refractivity contribution is 5.70. The molecule has 0 aromatic heterocycles. The molecular weight excluding hydrogens is 248 g/mol. The van der Waals surface area contributed by atoms with Crippen LogP contribution in [0.2, 0.25) is 0 Å². The summed E-state index contributed by atoms with van der Waals surface area (Å²) >= 11 is 0. The highest BCUT2D eigenvalue weighted by Crippen LogP contribution is 2.38. The lowest BCUT2D eigenvalue weighted by Gasteiger charge is -2.19. The molecule has 1 aromatic carbocycles. The minimum absolute atomic E-state index is 0.0229. The summed E-state index contributed by atoms with van der Waals surface area (Å²) < 4.78 is 5.50. The highest BCUT2D eigenvalue weighted by atomic mass is 16.6. The van der Waals surface area contributed by atoms with Gasteiger partial charge in [-0.05, 0) is 32.4 Å². The Morgan fingerprint density at radius 3 is 2.79 bits per heavy atom. The second-order valence-electron chi connectivity index (χ2n) is 4.94. The second kappa shape index (κ2) is 5.44. The molecule has 1 aliphatic rings. The number of ether oxygens (including phenoxy) is 1. The van der Waals surface area contributed by atoms with Gasteiger partial charge in [-0.25, -0.2) is 0 Å². The van der Waals surface area contributed by atoms with Gasteiger partial charge in [0, 0.05) is 13.1 Å². The summed E-state index contributed by atoms with van der Waals surface area (Å²) in [6.45, 7) is 4.70. The van der Waals surface area contributed by atoms with Gasteiger partial charge in [0.05, 0.1) is 17.1 Å². The summed E-state index contributed by atoms with van der Waals surface area (Å²) in [4.78, 5) is 12.7. The Labute approximate surface area is 111 Å². The zero-order chi connectivity index (χ0) is 14.0. The largest absolute Gasteiger partial charge is 0.484 e. The van der Waals surface area contributed by atoms with Gasteiger partial charge in [0.2, 0.25) is 0 Å². The maximum Gasteiger partial charge on any atom is 0.333 e. The molecule has 1 aliphatic heterocycles. The predicted molar refractivity (Wildman–Crippen MR) is 71.7 cm³/mol. The van der Waals surface area contributed by atoms with E-state index in [0.29, 0.717) is 25.2 Å². The SMILES string of the molecule is CC(C)Oc1cccc(N2CC[C@@H](O)C2)c1[N+](=O)[O-]. The van der Waals surface area contributed by atoms with E-state index in [1.54, 1.807) is 18.2 Å². The fourth-order valence-corrected chi connectivity index (χ4v) is 2.26. The molecule has 0 spiro atoms. The molecule has 0 amide bonds. The van der Waals surface area contributed by atoms with E-state index in [-0.39, 0.29) is 17.5 Å². The molecule has 1 N–H and O–H groups in total. The van der Waals surface area contributed by atoms with Crippen molar-refractivity contribution < 1.29 is 14.8 Å². The van der Waals surface area contributed by atoms with Gasteiger partial charge in [-0.1, -0.05) is 6.07 Å². The van der Waals surface area contributed by atoms with E-state index in [1.165, 1.54) is 0 Å². The number of aliphatic hydroxyl groups is 1. The number of para-hydroxylation sites is 1. The Hall–Kier alpha value is -1.82. The topological polar surface area (TPSA) is 75.8 Å². The van der Waals surface area contributed by atoms with Crippen molar-refractivity contribution in [1.82, 2.24) is 0 Å². The van der Waals surface area contributed by atoms with Gasteiger partial charge < -0.3 is 14.7 Å². The van der Waals surface area contributed by atoms with Gasteiger partial charge in [0.25, 0.3) is 0 Å². The van der Waals surface area contributed by atoms with E-state index in [9.17, 15) is 15.2 Å². The maximum absolute atomic E-state index is 11.3. The van der Waals surface area contributed by atoms with Gasteiger partial charge in [-0.15, -0.1) is 0 Å². The predicted octanol–water partition coefficient (Wildman–Crippen LogP) is 1.95. The first-order valence-corrected chi connectivity index (χ1v) is 6.36. The highest BCUT2D eigenvalue weighted by Gasteiger charge is 2.29. The molecule has 104 valence electrons. The first-order chi connectivity index (χ1) is 8.99. The van der Waals surface area contributed by atoms with Gasteiger partial charge >= 0.3 is 5.69 Å². The molecular formula is C13H18N2O4. The van der Waals surface area contributed by atoms with E-state index < -0.39 is 11.0 Å². The third-order valence-electron chi connectivity index (χ3n) is 3.03. The van der Waals surface area contributed by atoms with Gasteiger partial charge in [-0.2, -0.15) is 0 Å². The van der Waals surface area contributed by atoms with Crippen LogP contribution in [0, 0.1) is 10.1 Å². The summed E-state index contributed by atoms with van der Waals surface area (Å²) in [5.41, 5.74) is 0.491. The van der Waals surface area contributed by atoms with Crippen LogP contribution in [0.1, 0.15) is 20.3 Å². The molecule has 2 rings (SSSR count). The summed E-state index contributed by atoms with van der Waals surface area (Å²) in [7, 11) is 0. The standard InChI is InChI=1S/C13H18N2O4/c1-9(2)19-12-5-3-4-11(13(12)15(17)18)14-7-6-10(16)8-14/h3-5,9-10,16H,6-8H2,1-2H3/t10-/m1/s1. The van der Waals surface area contributed by atoms with E-state index >= 15 is 0 Å². The normalized spacial score (nSPS) is 18.9. The molecule has 1 saturated heterocycles. The van der Waals surface area contributed by atoms with E-state index in [1.807, 2.05) is 18.7 Å². The second-order valence-corrected chi connectivity index (χ2v) is 4.94. The van der Waals surface area contributed by atoms with Crippen molar-refractivity contribution in [1.29, 1.82) is 0 Å². The molecule has 1 fully saturated rings. The van der Waals surface area contributed by atoms with Crippen LogP contribution in [0.15, 0.2) is 18.2 Å². The fraction of sp³-hybridized carbons (Fsp3) is 0.538. The number of rotatable bonds is 4. The molecule has 19 heavy (non-hydrogen) atoms. The average molecular weight is 266 g/mol. The first kappa shape index (κ1) is 13.6. The Bertz CT molecular complexity index is 476. The summed E-state index contributed by atoms with van der Waals surface area (Å²) in [6.07, 6.45) is 0.0827. The molecule has 1 heterocycles. The van der Waals surface area contributed by atoms with Crippen LogP contribution in [0.3, 0.4) is 0 Å². The van der Waals surface area contributed by atoms with Crippen LogP contribution in [-0.2, 0) is 0 Å². The summed E-state index contributed by atoms with van der Waals surface area (Å²) in [5, 5.41) is 20.9. The number of nitro groups is 1. The minimum Gasteiger partial charge on any atom is -0.484 e. The van der Waals surface area contributed by atoms with Crippen molar-refractivity contribution in [3.05, 3.63) is 28.3 Å². The number of nitrogens with zero attached hydrogens (tertiary/aromatic N) is 2. The van der Waals surface area contributed by atoms with Crippen LogP contribution in [0.5, 0.6) is 5.75 Å². The van der Waals surface area contributed by atoms with Crippen molar-refractivity contribution in [3.8, 4) is 5.75 Å². The number of hydrogen-bond acceptors (Lipinski definition) is 5. The third kappa shape index (κ3) is 2.96. The number of aliphatic hydroxyl groups excluding tert-OH is 1. The Kier molecular flexibility index (Phi) is 3.90. The van der Waals surface area contributed by atoms with Crippen LogP contribution < -0.4 is 9.64 Å². The Balaban J connectivity index is 2.39. The van der Waals surface area contributed by atoms with Gasteiger partial charge in [-0.3, -0.25) is 10.1 Å². The van der Waals surface area contributed by atoms with Crippen LogP contribution in [0.4, 0.5) is 11.4 Å². The van der Waals surface area contributed by atoms with Crippen molar-refractivity contribution in [2.24, 2.45) is 0 Å².